The molecule has 4 aromatic carbocycles. The van der Waals surface area contributed by atoms with Gasteiger partial charge in [-0.1, -0.05) is 72.8 Å². The van der Waals surface area contributed by atoms with Crippen molar-refractivity contribution in [1.29, 1.82) is 0 Å². The van der Waals surface area contributed by atoms with Crippen LogP contribution in [0.1, 0.15) is 0 Å². The van der Waals surface area contributed by atoms with Gasteiger partial charge in [-0.2, -0.15) is 16.8 Å². The van der Waals surface area contributed by atoms with E-state index in [4.69, 9.17) is 24.9 Å². The summed E-state index contributed by atoms with van der Waals surface area (Å²) in [5, 5.41) is 1.33. The summed E-state index contributed by atoms with van der Waals surface area (Å²) in [6.45, 7) is 0. The quantitative estimate of drug-likeness (QED) is 0.141. The zero-order valence-electron chi connectivity index (χ0n) is 24.1. The van der Waals surface area contributed by atoms with Crippen LogP contribution in [0.4, 0.5) is 0 Å². The van der Waals surface area contributed by atoms with Gasteiger partial charge in [0.2, 0.25) is 0 Å². The van der Waals surface area contributed by atoms with E-state index in [1.807, 2.05) is 48.5 Å². The molecular formula is C32H19KN8O6S2. The van der Waals surface area contributed by atoms with E-state index < -0.39 is 30.0 Å². The average Bonchev–Trinajstić information content (AvgIpc) is 3.79. The second-order valence-electron chi connectivity index (χ2n) is 11.0. The van der Waals surface area contributed by atoms with E-state index in [-0.39, 0.29) is 85.1 Å². The van der Waals surface area contributed by atoms with Crippen LogP contribution in [0.3, 0.4) is 0 Å². The molecule has 4 N–H and O–H groups in total. The average molecular weight is 715 g/mol. The molecule has 49 heavy (non-hydrogen) atoms. The number of aromatic nitrogens is 8. The summed E-state index contributed by atoms with van der Waals surface area (Å²) in [6, 6.07) is 24.2. The number of fused-ring (bicyclic) bond motifs is 20. The van der Waals surface area contributed by atoms with Crippen molar-refractivity contribution in [2.45, 2.75) is 9.79 Å². The molecule has 8 bridgehead atoms. The van der Waals surface area contributed by atoms with Gasteiger partial charge in [-0.3, -0.25) is 9.11 Å². The van der Waals surface area contributed by atoms with E-state index in [1.165, 1.54) is 6.07 Å². The number of nitrogens with zero attached hydrogens (tertiary/aromatic N) is 6. The van der Waals surface area contributed by atoms with Crippen molar-refractivity contribution in [3.05, 3.63) is 84.9 Å². The molecule has 0 aliphatic carbocycles. The molecule has 17 heteroatoms. The van der Waals surface area contributed by atoms with Crippen LogP contribution < -0.4 is 0 Å². The van der Waals surface area contributed by atoms with Crippen molar-refractivity contribution in [3.63, 3.8) is 0 Å². The molecule has 236 valence electrons. The molecule has 2 aliphatic heterocycles. The Hall–Kier alpha value is -4.30. The number of nitrogens with one attached hydrogen (secondary N) is 2. The van der Waals surface area contributed by atoms with E-state index in [1.54, 1.807) is 24.3 Å². The number of aromatic amines is 2. The predicted octanol–water partition coefficient (Wildman–Crippen LogP) is 4.71. The van der Waals surface area contributed by atoms with Gasteiger partial charge in [-0.15, -0.1) is 0 Å². The fourth-order valence-electron chi connectivity index (χ4n) is 6.14. The van der Waals surface area contributed by atoms with Crippen molar-refractivity contribution in [2.75, 3.05) is 0 Å². The first-order valence-electron chi connectivity index (χ1n) is 14.3. The monoisotopic (exact) mass is 714 g/mol. The standard InChI is InChI=1S/C32H18N8O6S2.K.H/c41-47(42,43)22-14-13-21-23(24(22)48(44,45)46)32-39-30-20-12-6-5-11-19(20)28(37-30)35-26-16-8-2-1-7-15(16)25(33-26)34-27-17-9-3-4-10-18(17)29(36-27)38-31(21)40-32;;/h1-14H,(H,41,42,43)(H,44,45,46)(H2,33,34,35,36,37,38,39,40);;. The van der Waals surface area contributed by atoms with Crippen molar-refractivity contribution in [3.8, 4) is 45.6 Å². The van der Waals surface area contributed by atoms with Gasteiger partial charge in [0.15, 0.2) is 23.3 Å². The van der Waals surface area contributed by atoms with Crippen LogP contribution in [0.25, 0.3) is 89.7 Å². The summed E-state index contributed by atoms with van der Waals surface area (Å²) in [6.07, 6.45) is 0. The molecular weight excluding hydrogens is 696 g/mol. The predicted molar refractivity (Wildman–Crippen MR) is 183 cm³/mol. The van der Waals surface area contributed by atoms with Crippen LogP contribution in [-0.4, -0.2) is 117 Å². The van der Waals surface area contributed by atoms with Gasteiger partial charge in [0.1, 0.15) is 32.4 Å². The molecule has 0 saturated heterocycles. The number of rotatable bonds is 2. The first-order valence-corrected chi connectivity index (χ1v) is 17.1. The molecule has 0 atom stereocenters. The molecule has 9 rings (SSSR count). The maximum absolute atomic E-state index is 12.8. The van der Waals surface area contributed by atoms with Crippen LogP contribution in [-0.2, 0) is 20.2 Å². The Bertz CT molecular complexity index is 2980. The molecule has 0 saturated carbocycles. The van der Waals surface area contributed by atoms with Gasteiger partial charge >= 0.3 is 51.4 Å². The Labute approximate surface area is 318 Å². The maximum atomic E-state index is 12.8. The molecule has 0 unspecified atom stereocenters. The Morgan fingerprint density at radius 1 is 0.449 bits per heavy atom. The van der Waals surface area contributed by atoms with Crippen LogP contribution in [0, 0.1) is 0 Å². The molecule has 14 nitrogen and oxygen atoms in total. The van der Waals surface area contributed by atoms with Gasteiger partial charge in [0.25, 0.3) is 20.2 Å². The van der Waals surface area contributed by atoms with Gasteiger partial charge < -0.3 is 9.97 Å². The summed E-state index contributed by atoms with van der Waals surface area (Å²) in [7, 11) is -10.4. The topological polar surface area (TPSA) is 218 Å². The Balaban J connectivity index is 0.00000348. The molecule has 7 aromatic rings. The molecule has 3 aromatic heterocycles. The third-order valence-corrected chi connectivity index (χ3v) is 10.1. The summed E-state index contributed by atoms with van der Waals surface area (Å²) < 4.78 is 70.7. The number of hydrogen-bond donors (Lipinski definition) is 4. The third-order valence-electron chi connectivity index (χ3n) is 8.17. The first-order chi connectivity index (χ1) is 23.0. The van der Waals surface area contributed by atoms with Crippen molar-refractivity contribution in [1.82, 2.24) is 39.9 Å². The molecule has 2 aliphatic rings. The minimum absolute atomic E-state index is 0. The zero-order valence-corrected chi connectivity index (χ0v) is 25.7. The van der Waals surface area contributed by atoms with E-state index >= 15 is 0 Å². The molecule has 5 heterocycles. The van der Waals surface area contributed by atoms with E-state index in [0.29, 0.717) is 45.2 Å². The molecule has 0 fully saturated rings. The van der Waals surface area contributed by atoms with Crippen LogP contribution in [0.5, 0.6) is 0 Å². The van der Waals surface area contributed by atoms with Crippen LogP contribution in [0.15, 0.2) is 94.7 Å². The zero-order chi connectivity index (χ0) is 32.9. The van der Waals surface area contributed by atoms with Crippen molar-refractivity contribution < 1.29 is 25.9 Å². The SMILES string of the molecule is O=S(=O)(O)c1ccc2c3nc4nc(nc5[nH]c(nc6nc(nc([nH]3)c2c1S(=O)(=O)O)-c1ccccc1-6)c1ccccc51)-c1ccccc1-4.[KH]. The minimum atomic E-state index is -5.27. The first kappa shape index (κ1) is 31.9. The molecule has 0 radical (unpaired) electrons. The van der Waals surface area contributed by atoms with Crippen LogP contribution in [0.2, 0.25) is 0 Å². The third kappa shape index (κ3) is 5.13. The summed E-state index contributed by atoms with van der Waals surface area (Å²) in [5.74, 6) is 0.980. The van der Waals surface area contributed by atoms with Gasteiger partial charge in [-0.25, -0.2) is 29.9 Å². The van der Waals surface area contributed by atoms with Gasteiger partial charge in [0.05, 0.1) is 5.39 Å². The van der Waals surface area contributed by atoms with Crippen molar-refractivity contribution >= 4 is 116 Å². The van der Waals surface area contributed by atoms with Gasteiger partial charge in [-0.05, 0) is 12.1 Å². The molecule has 0 amide bonds. The van der Waals surface area contributed by atoms with Gasteiger partial charge in [0, 0.05) is 38.4 Å². The Morgan fingerprint density at radius 3 is 1.27 bits per heavy atom. The number of benzene rings is 4. The second kappa shape index (κ2) is 11.4. The summed E-state index contributed by atoms with van der Waals surface area (Å²) in [4.78, 5) is 32.8. The second-order valence-corrected chi connectivity index (χ2v) is 13.8. The normalized spacial score (nSPS) is 12.4. The van der Waals surface area contributed by atoms with E-state index in [2.05, 4.69) is 15.0 Å². The van der Waals surface area contributed by atoms with E-state index in [0.717, 1.165) is 16.8 Å². The van der Waals surface area contributed by atoms with Crippen molar-refractivity contribution in [2.24, 2.45) is 0 Å². The number of hydrogen-bond acceptors (Lipinski definition) is 10. The number of H-pyrrole nitrogens is 2. The fraction of sp³-hybridized carbons (Fsp3) is 0. The molecule has 0 spiro atoms. The summed E-state index contributed by atoms with van der Waals surface area (Å²) >= 11 is 0. The Kier molecular flexibility index (Phi) is 7.41. The fourth-order valence-corrected chi connectivity index (χ4v) is 8.14. The van der Waals surface area contributed by atoms with Crippen LogP contribution >= 0.6 is 0 Å². The summed E-state index contributed by atoms with van der Waals surface area (Å²) in [5.41, 5.74) is 3.32. The van der Waals surface area contributed by atoms with E-state index in [9.17, 15) is 25.9 Å². The Morgan fingerprint density at radius 2 is 0.837 bits per heavy atom.